The van der Waals surface area contributed by atoms with Crippen LogP contribution in [0.5, 0.6) is 0 Å². The Kier molecular flexibility index (Phi) is 4.78. The van der Waals surface area contributed by atoms with Crippen molar-refractivity contribution in [2.45, 2.75) is 25.5 Å². The van der Waals surface area contributed by atoms with E-state index < -0.39 is 12.1 Å². The number of tetrazole rings is 1. The molecule has 0 saturated heterocycles. The van der Waals surface area contributed by atoms with Gasteiger partial charge in [-0.15, -0.1) is 5.10 Å². The zero-order valence-electron chi connectivity index (χ0n) is 11.1. The second-order valence-corrected chi connectivity index (χ2v) is 4.40. The van der Waals surface area contributed by atoms with Gasteiger partial charge in [-0.05, 0) is 16.0 Å². The van der Waals surface area contributed by atoms with Crippen LogP contribution >= 0.6 is 0 Å². The molecule has 1 aromatic heterocycles. The number of carboxylic acid groups (broad SMARTS) is 1. The largest absolute Gasteiger partial charge is 0.481 e. The summed E-state index contributed by atoms with van der Waals surface area (Å²) in [5, 5.41) is 20.3. The van der Waals surface area contributed by atoms with Crippen LogP contribution in [-0.2, 0) is 22.5 Å². The SMILES string of the molecule is COC(CC(=O)O)Cn1nnnc1Cc1ccccc1. The van der Waals surface area contributed by atoms with Gasteiger partial charge >= 0.3 is 5.97 Å². The molecule has 106 valence electrons. The van der Waals surface area contributed by atoms with E-state index in [1.807, 2.05) is 30.3 Å². The fraction of sp³-hybridized carbons (Fsp3) is 0.385. The predicted molar refractivity (Wildman–Crippen MR) is 70.1 cm³/mol. The van der Waals surface area contributed by atoms with E-state index in [1.54, 1.807) is 4.68 Å². The number of rotatable bonds is 7. The second-order valence-electron chi connectivity index (χ2n) is 4.40. The Morgan fingerprint density at radius 1 is 1.40 bits per heavy atom. The number of benzene rings is 1. The molecule has 7 nitrogen and oxygen atoms in total. The van der Waals surface area contributed by atoms with Gasteiger partial charge < -0.3 is 9.84 Å². The molecular formula is C13H16N4O3. The second kappa shape index (κ2) is 6.76. The van der Waals surface area contributed by atoms with Crippen molar-refractivity contribution in [3.63, 3.8) is 0 Å². The molecular weight excluding hydrogens is 260 g/mol. The van der Waals surface area contributed by atoms with Crippen molar-refractivity contribution >= 4 is 5.97 Å². The third kappa shape index (κ3) is 3.86. The van der Waals surface area contributed by atoms with Gasteiger partial charge in [-0.25, -0.2) is 4.68 Å². The zero-order valence-corrected chi connectivity index (χ0v) is 11.1. The number of aliphatic carboxylic acids is 1. The maximum absolute atomic E-state index is 10.7. The summed E-state index contributed by atoms with van der Waals surface area (Å²) in [7, 11) is 1.48. The fourth-order valence-electron chi connectivity index (χ4n) is 1.88. The average molecular weight is 276 g/mol. The first-order chi connectivity index (χ1) is 9.69. The van der Waals surface area contributed by atoms with Crippen molar-refractivity contribution < 1.29 is 14.6 Å². The molecule has 2 aromatic rings. The molecule has 0 radical (unpaired) electrons. The monoisotopic (exact) mass is 276 g/mol. The van der Waals surface area contributed by atoms with Crippen molar-refractivity contribution in [2.24, 2.45) is 0 Å². The molecule has 2 rings (SSSR count). The lowest BCUT2D eigenvalue weighted by Crippen LogP contribution is -2.24. The summed E-state index contributed by atoms with van der Waals surface area (Å²) in [5.74, 6) is -0.224. The van der Waals surface area contributed by atoms with E-state index in [0.29, 0.717) is 18.8 Å². The van der Waals surface area contributed by atoms with Crippen LogP contribution in [0.3, 0.4) is 0 Å². The van der Waals surface area contributed by atoms with Gasteiger partial charge in [0.15, 0.2) is 5.82 Å². The lowest BCUT2D eigenvalue weighted by molar-refractivity contribution is -0.140. The van der Waals surface area contributed by atoms with Gasteiger partial charge in [0.2, 0.25) is 0 Å². The Morgan fingerprint density at radius 3 is 2.80 bits per heavy atom. The van der Waals surface area contributed by atoms with E-state index >= 15 is 0 Å². The number of nitrogens with zero attached hydrogens (tertiary/aromatic N) is 4. The molecule has 1 heterocycles. The molecule has 0 aliphatic carbocycles. The van der Waals surface area contributed by atoms with Crippen LogP contribution in [-0.4, -0.2) is 44.5 Å². The van der Waals surface area contributed by atoms with Crippen LogP contribution in [0.15, 0.2) is 30.3 Å². The normalized spacial score (nSPS) is 12.2. The van der Waals surface area contributed by atoms with Gasteiger partial charge in [-0.3, -0.25) is 4.79 Å². The summed E-state index contributed by atoms with van der Waals surface area (Å²) in [6.45, 7) is 0.317. The topological polar surface area (TPSA) is 90.1 Å². The Labute approximate surface area is 116 Å². The van der Waals surface area contributed by atoms with Crippen LogP contribution in [0.2, 0.25) is 0 Å². The average Bonchev–Trinajstić information content (AvgIpc) is 2.86. The van der Waals surface area contributed by atoms with Crippen molar-refractivity contribution in [1.29, 1.82) is 0 Å². The summed E-state index contributed by atoms with van der Waals surface area (Å²) in [6.07, 6.45) is 0.0592. The van der Waals surface area contributed by atoms with Gasteiger partial charge in [0.25, 0.3) is 0 Å². The Hall–Kier alpha value is -2.28. The first-order valence-electron chi connectivity index (χ1n) is 6.22. The number of carboxylic acids is 1. The first-order valence-corrected chi connectivity index (χ1v) is 6.22. The minimum Gasteiger partial charge on any atom is -0.481 e. The highest BCUT2D eigenvalue weighted by Gasteiger charge is 2.16. The summed E-state index contributed by atoms with van der Waals surface area (Å²) in [5.41, 5.74) is 1.09. The zero-order chi connectivity index (χ0) is 14.4. The molecule has 1 atom stereocenters. The van der Waals surface area contributed by atoms with Crippen LogP contribution in [0, 0.1) is 0 Å². The molecule has 0 spiro atoms. The molecule has 20 heavy (non-hydrogen) atoms. The van der Waals surface area contributed by atoms with E-state index in [2.05, 4.69) is 15.5 Å². The molecule has 1 N–H and O–H groups in total. The highest BCUT2D eigenvalue weighted by atomic mass is 16.5. The van der Waals surface area contributed by atoms with Crippen molar-refractivity contribution in [3.8, 4) is 0 Å². The number of ether oxygens (including phenoxy) is 1. The van der Waals surface area contributed by atoms with E-state index in [9.17, 15) is 4.79 Å². The van der Waals surface area contributed by atoms with E-state index in [4.69, 9.17) is 9.84 Å². The smallest absolute Gasteiger partial charge is 0.306 e. The molecule has 1 aromatic carbocycles. The molecule has 0 bridgehead atoms. The van der Waals surface area contributed by atoms with Crippen molar-refractivity contribution in [3.05, 3.63) is 41.7 Å². The maximum atomic E-state index is 10.7. The third-order valence-electron chi connectivity index (χ3n) is 2.92. The van der Waals surface area contributed by atoms with E-state index in [1.165, 1.54) is 7.11 Å². The minimum absolute atomic E-state index is 0.0822. The molecule has 0 aliphatic heterocycles. The van der Waals surface area contributed by atoms with Crippen LogP contribution in [0.1, 0.15) is 17.8 Å². The highest BCUT2D eigenvalue weighted by molar-refractivity contribution is 5.67. The van der Waals surface area contributed by atoms with Gasteiger partial charge in [-0.1, -0.05) is 30.3 Å². The maximum Gasteiger partial charge on any atom is 0.306 e. The highest BCUT2D eigenvalue weighted by Crippen LogP contribution is 2.08. The summed E-state index contributed by atoms with van der Waals surface area (Å²) >= 11 is 0. The van der Waals surface area contributed by atoms with E-state index in [0.717, 1.165) is 5.56 Å². The number of hydrogen-bond acceptors (Lipinski definition) is 5. The summed E-state index contributed by atoms with van der Waals surface area (Å²) in [6, 6.07) is 9.83. The van der Waals surface area contributed by atoms with Crippen LogP contribution in [0.4, 0.5) is 0 Å². The minimum atomic E-state index is -0.908. The Morgan fingerprint density at radius 2 is 2.15 bits per heavy atom. The molecule has 0 saturated carbocycles. The fourth-order valence-corrected chi connectivity index (χ4v) is 1.88. The number of methoxy groups -OCH3 is 1. The molecule has 0 amide bonds. The first kappa shape index (κ1) is 14.1. The molecule has 0 fully saturated rings. The Balaban J connectivity index is 2.06. The van der Waals surface area contributed by atoms with Gasteiger partial charge in [-0.2, -0.15) is 0 Å². The van der Waals surface area contributed by atoms with Crippen LogP contribution < -0.4 is 0 Å². The molecule has 0 aliphatic rings. The molecule has 7 heteroatoms. The predicted octanol–water partition coefficient (Wildman–Crippen LogP) is 0.754. The summed E-state index contributed by atoms with van der Waals surface area (Å²) < 4.78 is 6.73. The summed E-state index contributed by atoms with van der Waals surface area (Å²) in [4.78, 5) is 10.7. The lowest BCUT2D eigenvalue weighted by Gasteiger charge is -2.13. The quantitative estimate of drug-likeness (QED) is 0.802. The molecule has 1 unspecified atom stereocenters. The van der Waals surface area contributed by atoms with Crippen LogP contribution in [0.25, 0.3) is 0 Å². The van der Waals surface area contributed by atoms with E-state index in [-0.39, 0.29) is 6.42 Å². The lowest BCUT2D eigenvalue weighted by atomic mass is 10.1. The van der Waals surface area contributed by atoms with Crippen molar-refractivity contribution in [2.75, 3.05) is 7.11 Å². The number of hydrogen-bond donors (Lipinski definition) is 1. The van der Waals surface area contributed by atoms with Gasteiger partial charge in [0, 0.05) is 13.5 Å². The third-order valence-corrected chi connectivity index (χ3v) is 2.92. The number of carbonyl (C=O) groups is 1. The standard InChI is InChI=1S/C13H16N4O3/c1-20-11(8-13(18)19)9-17-12(14-15-16-17)7-10-5-3-2-4-6-10/h2-6,11H,7-9H2,1H3,(H,18,19). The van der Waals surface area contributed by atoms with Gasteiger partial charge in [0.1, 0.15) is 0 Å². The van der Waals surface area contributed by atoms with Crippen molar-refractivity contribution in [1.82, 2.24) is 20.2 Å². The van der Waals surface area contributed by atoms with Gasteiger partial charge in [0.05, 0.1) is 19.1 Å². The Bertz CT molecular complexity index is 556. The number of aromatic nitrogens is 4.